The van der Waals surface area contributed by atoms with Crippen LogP contribution in [-0.2, 0) is 17.1 Å². The molecule has 2 unspecified atom stereocenters. The maximum Gasteiger partial charge on any atom is 0.416 e. The zero-order valence-electron chi connectivity index (χ0n) is 20.2. The molecule has 2 amide bonds. The number of amides is 2. The fourth-order valence-electron chi connectivity index (χ4n) is 3.34. The number of anilines is 1. The summed E-state index contributed by atoms with van der Waals surface area (Å²) in [5, 5.41) is 13.2. The Kier molecular flexibility index (Phi) is 8.65. The molecule has 204 valence electrons. The normalized spacial score (nSPS) is 13.5. The number of nitrogens with one attached hydrogen (secondary N) is 2. The van der Waals surface area contributed by atoms with E-state index in [1.165, 1.54) is 7.11 Å². The Bertz CT molecular complexity index is 1280. The zero-order valence-corrected chi connectivity index (χ0v) is 21.0. The van der Waals surface area contributed by atoms with Gasteiger partial charge in [0.15, 0.2) is 0 Å². The summed E-state index contributed by atoms with van der Waals surface area (Å²) in [6.45, 7) is 3.30. The van der Waals surface area contributed by atoms with E-state index in [0.29, 0.717) is 34.9 Å². The lowest BCUT2D eigenvalue weighted by molar-refractivity contribution is -0.143. The van der Waals surface area contributed by atoms with Gasteiger partial charge in [0.05, 0.1) is 18.2 Å². The van der Waals surface area contributed by atoms with Crippen LogP contribution >= 0.6 is 11.3 Å². The lowest BCUT2D eigenvalue weighted by atomic mass is 9.97. The van der Waals surface area contributed by atoms with E-state index in [2.05, 4.69) is 20.8 Å². The van der Waals surface area contributed by atoms with Crippen molar-refractivity contribution >= 4 is 28.3 Å². The van der Waals surface area contributed by atoms with Crippen LogP contribution in [0.25, 0.3) is 10.6 Å². The van der Waals surface area contributed by atoms with Crippen LogP contribution in [0.2, 0.25) is 0 Å². The highest BCUT2D eigenvalue weighted by Gasteiger charge is 2.38. The van der Waals surface area contributed by atoms with Crippen molar-refractivity contribution in [2.75, 3.05) is 12.4 Å². The van der Waals surface area contributed by atoms with Crippen LogP contribution in [0.5, 0.6) is 5.75 Å². The summed E-state index contributed by atoms with van der Waals surface area (Å²) < 4.78 is 84.4. The lowest BCUT2D eigenvalue weighted by Gasteiger charge is -2.23. The number of carbonyl (C=O) groups excluding carboxylic acids is 2. The van der Waals surface area contributed by atoms with Gasteiger partial charge in [-0.2, -0.15) is 26.3 Å². The van der Waals surface area contributed by atoms with Crippen LogP contribution in [0, 0.1) is 5.92 Å². The molecule has 0 saturated heterocycles. The van der Waals surface area contributed by atoms with Crippen LogP contribution in [0.3, 0.4) is 0 Å². The highest BCUT2D eigenvalue weighted by molar-refractivity contribution is 7.18. The average molecular weight is 561 g/mol. The largest absolute Gasteiger partial charge is 0.497 e. The van der Waals surface area contributed by atoms with Crippen molar-refractivity contribution in [3.8, 4) is 16.3 Å². The van der Waals surface area contributed by atoms with Crippen LogP contribution in [0.4, 0.5) is 31.5 Å². The molecule has 2 aromatic carbocycles. The number of halogens is 6. The van der Waals surface area contributed by atoms with Crippen LogP contribution in [0.1, 0.15) is 41.8 Å². The monoisotopic (exact) mass is 560 g/mol. The summed E-state index contributed by atoms with van der Waals surface area (Å²) in [5.41, 5.74) is -3.49. The minimum atomic E-state index is -5.12. The molecule has 1 heterocycles. The highest BCUT2D eigenvalue weighted by Crippen LogP contribution is 2.36. The first-order valence-corrected chi connectivity index (χ1v) is 11.9. The number of benzene rings is 2. The van der Waals surface area contributed by atoms with E-state index in [0.717, 1.165) is 11.3 Å². The number of alkyl halides is 6. The molecule has 0 aliphatic heterocycles. The Labute approximate surface area is 217 Å². The lowest BCUT2D eigenvalue weighted by Crippen LogP contribution is -2.47. The Balaban J connectivity index is 1.84. The van der Waals surface area contributed by atoms with Gasteiger partial charge in [0.2, 0.25) is 11.0 Å². The molecule has 0 fully saturated rings. The number of hydrogen-bond acceptors (Lipinski definition) is 6. The van der Waals surface area contributed by atoms with E-state index in [4.69, 9.17) is 4.74 Å². The smallest absolute Gasteiger partial charge is 0.416 e. The number of carbonyl (C=O) groups is 2. The molecule has 38 heavy (non-hydrogen) atoms. The van der Waals surface area contributed by atoms with Gasteiger partial charge in [0.1, 0.15) is 16.8 Å². The molecule has 2 N–H and O–H groups in total. The van der Waals surface area contributed by atoms with Gasteiger partial charge in [-0.25, -0.2) is 0 Å². The second kappa shape index (κ2) is 11.4. The molecule has 3 rings (SSSR count). The summed E-state index contributed by atoms with van der Waals surface area (Å²) in [4.78, 5) is 25.8. The third-order valence-corrected chi connectivity index (χ3v) is 6.49. The standard InChI is InChI=1S/C24H22F6N4O3S/c1-4-12(2)18(20(36)32-22-34-33-21(38-22)13-6-5-7-17(10-13)37-3)31-19(35)14-8-15(23(25,26)27)11-16(9-14)24(28,29)30/h5-12,18H,4H2,1-3H3,(H,31,35)(H,32,34,36). The van der Waals surface area contributed by atoms with Crippen molar-refractivity contribution in [3.63, 3.8) is 0 Å². The molecule has 0 radical (unpaired) electrons. The fraction of sp³-hybridized carbons (Fsp3) is 0.333. The molecular formula is C24H22F6N4O3S. The Morgan fingerprint density at radius 2 is 1.63 bits per heavy atom. The number of hydrogen-bond donors (Lipinski definition) is 2. The van der Waals surface area contributed by atoms with Crippen molar-refractivity contribution in [1.29, 1.82) is 0 Å². The van der Waals surface area contributed by atoms with Crippen LogP contribution in [0.15, 0.2) is 42.5 Å². The molecule has 0 saturated carbocycles. The summed E-state index contributed by atoms with van der Waals surface area (Å²) in [5.74, 6) is -1.98. The van der Waals surface area contributed by atoms with Gasteiger partial charge in [-0.15, -0.1) is 10.2 Å². The number of ether oxygens (including phenoxy) is 1. The number of methoxy groups -OCH3 is 1. The molecule has 14 heteroatoms. The van der Waals surface area contributed by atoms with Gasteiger partial charge in [-0.1, -0.05) is 43.7 Å². The number of nitrogens with zero attached hydrogens (tertiary/aromatic N) is 2. The quantitative estimate of drug-likeness (QED) is 0.328. The molecule has 7 nitrogen and oxygen atoms in total. The Morgan fingerprint density at radius 3 is 2.18 bits per heavy atom. The summed E-state index contributed by atoms with van der Waals surface area (Å²) in [7, 11) is 1.50. The second-order valence-corrected chi connectivity index (χ2v) is 9.24. The molecule has 2 atom stereocenters. The van der Waals surface area contributed by atoms with Gasteiger partial charge in [-0.3, -0.25) is 14.9 Å². The molecule has 0 aliphatic rings. The number of aromatic nitrogens is 2. The van der Waals surface area contributed by atoms with E-state index in [1.807, 2.05) is 0 Å². The molecule has 0 bridgehead atoms. The Hall–Kier alpha value is -3.68. The van der Waals surface area contributed by atoms with E-state index in [1.54, 1.807) is 38.1 Å². The summed E-state index contributed by atoms with van der Waals surface area (Å²) in [6.07, 6.45) is -9.88. The maximum absolute atomic E-state index is 13.2. The van der Waals surface area contributed by atoms with Crippen LogP contribution in [-0.4, -0.2) is 35.2 Å². The van der Waals surface area contributed by atoms with E-state index in [9.17, 15) is 35.9 Å². The van der Waals surface area contributed by atoms with Gasteiger partial charge >= 0.3 is 12.4 Å². The predicted octanol–water partition coefficient (Wildman–Crippen LogP) is 6.03. The summed E-state index contributed by atoms with van der Waals surface area (Å²) >= 11 is 1.02. The van der Waals surface area contributed by atoms with E-state index < -0.39 is 52.8 Å². The second-order valence-electron chi connectivity index (χ2n) is 8.26. The molecular weight excluding hydrogens is 538 g/mol. The van der Waals surface area contributed by atoms with Gasteiger partial charge < -0.3 is 10.1 Å². The van der Waals surface area contributed by atoms with Crippen molar-refractivity contribution in [1.82, 2.24) is 15.5 Å². The number of rotatable bonds is 8. The zero-order chi connectivity index (χ0) is 28.3. The van der Waals surface area contributed by atoms with Gasteiger partial charge in [-0.05, 0) is 36.2 Å². The van der Waals surface area contributed by atoms with Crippen molar-refractivity contribution in [3.05, 3.63) is 59.2 Å². The van der Waals surface area contributed by atoms with Crippen molar-refractivity contribution in [2.24, 2.45) is 5.92 Å². The molecule has 0 spiro atoms. The average Bonchev–Trinajstić information content (AvgIpc) is 3.33. The van der Waals surface area contributed by atoms with Gasteiger partial charge in [0, 0.05) is 11.1 Å². The first kappa shape index (κ1) is 28.9. The van der Waals surface area contributed by atoms with E-state index in [-0.39, 0.29) is 11.2 Å². The molecule has 3 aromatic rings. The third kappa shape index (κ3) is 7.00. The third-order valence-electron chi connectivity index (χ3n) is 5.60. The predicted molar refractivity (Wildman–Crippen MR) is 128 cm³/mol. The van der Waals surface area contributed by atoms with Crippen molar-refractivity contribution in [2.45, 2.75) is 38.7 Å². The molecule has 1 aromatic heterocycles. The first-order valence-electron chi connectivity index (χ1n) is 11.1. The van der Waals surface area contributed by atoms with E-state index >= 15 is 0 Å². The maximum atomic E-state index is 13.2. The highest BCUT2D eigenvalue weighted by atomic mass is 32.1. The first-order chi connectivity index (χ1) is 17.7. The molecule has 0 aliphatic carbocycles. The fourth-order valence-corrected chi connectivity index (χ4v) is 4.09. The van der Waals surface area contributed by atoms with Gasteiger partial charge in [0.25, 0.3) is 5.91 Å². The minimum Gasteiger partial charge on any atom is -0.497 e. The Morgan fingerprint density at radius 1 is 1.00 bits per heavy atom. The summed E-state index contributed by atoms with van der Waals surface area (Å²) in [6, 6.07) is 6.17. The van der Waals surface area contributed by atoms with Crippen molar-refractivity contribution < 1.29 is 40.7 Å². The van der Waals surface area contributed by atoms with Crippen LogP contribution < -0.4 is 15.4 Å². The minimum absolute atomic E-state index is 0.0776. The topological polar surface area (TPSA) is 93.2 Å². The SMILES string of the molecule is CCC(C)C(NC(=O)c1cc(C(F)(F)F)cc(C(F)(F)F)c1)C(=O)Nc1nnc(-c2cccc(OC)c2)s1.